The average Bonchev–Trinajstić information content (AvgIpc) is 2.73. The molecule has 0 atom stereocenters. The summed E-state index contributed by atoms with van der Waals surface area (Å²) in [5, 5.41) is 3.74. The lowest BCUT2D eigenvalue weighted by Crippen LogP contribution is -2.13. The molecule has 5 nitrogen and oxygen atoms in total. The Bertz CT molecular complexity index is 1110. The monoisotopic (exact) mass is 355 g/mol. The molecule has 4 rings (SSSR count). The Balaban J connectivity index is 1.78. The van der Waals surface area contributed by atoms with E-state index in [1.807, 2.05) is 54.6 Å². The number of fused-ring (bicyclic) bond motifs is 1. The van der Waals surface area contributed by atoms with Gasteiger partial charge in [0.05, 0.1) is 23.9 Å². The van der Waals surface area contributed by atoms with Gasteiger partial charge in [-0.05, 0) is 36.4 Å². The van der Waals surface area contributed by atoms with E-state index >= 15 is 0 Å². The molecule has 132 valence electrons. The standard InChI is InChI=1S/C22H17N3O2/c1-27-17-8-4-7-16(12-17)24-22(26)19-13-21(15-6-5-11-23-14-15)25-20-10-3-2-9-18(19)20/h2-14H,1H3,(H,24,26). The fourth-order valence-electron chi connectivity index (χ4n) is 2.92. The first kappa shape index (κ1) is 16.7. The highest BCUT2D eigenvalue weighted by Gasteiger charge is 2.14. The third-order valence-corrected chi connectivity index (χ3v) is 4.25. The molecule has 0 unspecified atom stereocenters. The van der Waals surface area contributed by atoms with Crippen molar-refractivity contribution in [1.82, 2.24) is 9.97 Å². The van der Waals surface area contributed by atoms with E-state index in [1.54, 1.807) is 31.6 Å². The van der Waals surface area contributed by atoms with Gasteiger partial charge in [0.1, 0.15) is 5.75 Å². The summed E-state index contributed by atoms with van der Waals surface area (Å²) in [5.41, 5.74) is 3.55. The van der Waals surface area contributed by atoms with Crippen LogP contribution in [0.2, 0.25) is 0 Å². The third-order valence-electron chi connectivity index (χ3n) is 4.25. The number of aromatic nitrogens is 2. The number of benzene rings is 2. The number of nitrogens with one attached hydrogen (secondary N) is 1. The number of nitrogens with zero attached hydrogens (tertiary/aromatic N) is 2. The smallest absolute Gasteiger partial charge is 0.256 e. The van der Waals surface area contributed by atoms with Crippen molar-refractivity contribution in [2.75, 3.05) is 12.4 Å². The zero-order valence-corrected chi connectivity index (χ0v) is 14.7. The maximum atomic E-state index is 13.0. The second kappa shape index (κ2) is 7.25. The highest BCUT2D eigenvalue weighted by atomic mass is 16.5. The molecule has 0 radical (unpaired) electrons. The summed E-state index contributed by atoms with van der Waals surface area (Å²) < 4.78 is 5.22. The zero-order chi connectivity index (χ0) is 18.6. The number of carbonyl (C=O) groups is 1. The van der Waals surface area contributed by atoms with Crippen molar-refractivity contribution in [3.05, 3.63) is 84.7 Å². The molecular formula is C22H17N3O2. The van der Waals surface area contributed by atoms with Crippen molar-refractivity contribution < 1.29 is 9.53 Å². The maximum absolute atomic E-state index is 13.0. The van der Waals surface area contributed by atoms with Gasteiger partial charge in [-0.2, -0.15) is 0 Å². The van der Waals surface area contributed by atoms with Gasteiger partial charge in [0.25, 0.3) is 5.91 Å². The number of anilines is 1. The Kier molecular flexibility index (Phi) is 4.49. The lowest BCUT2D eigenvalue weighted by Gasteiger charge is -2.11. The van der Waals surface area contributed by atoms with Gasteiger partial charge in [0.2, 0.25) is 0 Å². The molecule has 4 aromatic rings. The SMILES string of the molecule is COc1cccc(NC(=O)c2cc(-c3cccnc3)nc3ccccc23)c1. The van der Waals surface area contributed by atoms with E-state index in [0.717, 1.165) is 16.5 Å². The molecule has 0 fully saturated rings. The van der Waals surface area contributed by atoms with Crippen molar-refractivity contribution in [2.24, 2.45) is 0 Å². The van der Waals surface area contributed by atoms with Crippen LogP contribution in [0.5, 0.6) is 5.75 Å². The third kappa shape index (κ3) is 3.48. The van der Waals surface area contributed by atoms with Gasteiger partial charge in [-0.1, -0.05) is 24.3 Å². The van der Waals surface area contributed by atoms with E-state index in [2.05, 4.69) is 15.3 Å². The Morgan fingerprint density at radius 1 is 1.00 bits per heavy atom. The van der Waals surface area contributed by atoms with E-state index in [1.165, 1.54) is 0 Å². The van der Waals surface area contributed by atoms with E-state index in [9.17, 15) is 4.79 Å². The molecule has 0 spiro atoms. The largest absolute Gasteiger partial charge is 0.497 e. The van der Waals surface area contributed by atoms with Crippen LogP contribution < -0.4 is 10.1 Å². The molecule has 1 N–H and O–H groups in total. The van der Waals surface area contributed by atoms with Crippen molar-refractivity contribution >= 4 is 22.5 Å². The first-order valence-corrected chi connectivity index (χ1v) is 8.50. The molecule has 0 aliphatic rings. The van der Waals surface area contributed by atoms with Crippen LogP contribution in [0.25, 0.3) is 22.2 Å². The second-order valence-electron chi connectivity index (χ2n) is 6.00. The van der Waals surface area contributed by atoms with E-state index in [0.29, 0.717) is 22.7 Å². The zero-order valence-electron chi connectivity index (χ0n) is 14.7. The quantitative estimate of drug-likeness (QED) is 0.583. The first-order valence-electron chi connectivity index (χ1n) is 8.50. The average molecular weight is 355 g/mol. The van der Waals surface area contributed by atoms with E-state index in [-0.39, 0.29) is 5.91 Å². The van der Waals surface area contributed by atoms with Crippen molar-refractivity contribution in [2.45, 2.75) is 0 Å². The molecule has 2 aromatic carbocycles. The molecule has 5 heteroatoms. The predicted octanol–water partition coefficient (Wildman–Crippen LogP) is 4.56. The lowest BCUT2D eigenvalue weighted by molar-refractivity contribution is 0.102. The lowest BCUT2D eigenvalue weighted by atomic mass is 10.0. The maximum Gasteiger partial charge on any atom is 0.256 e. The van der Waals surface area contributed by atoms with Crippen LogP contribution in [0.4, 0.5) is 5.69 Å². The van der Waals surface area contributed by atoms with E-state index in [4.69, 9.17) is 4.74 Å². The topological polar surface area (TPSA) is 64.1 Å². The second-order valence-corrected chi connectivity index (χ2v) is 6.00. The van der Waals surface area contributed by atoms with Gasteiger partial charge >= 0.3 is 0 Å². The minimum Gasteiger partial charge on any atom is -0.497 e. The van der Waals surface area contributed by atoms with Crippen LogP contribution in [-0.2, 0) is 0 Å². The Morgan fingerprint density at radius 3 is 2.70 bits per heavy atom. The summed E-state index contributed by atoms with van der Waals surface area (Å²) in [6.45, 7) is 0. The van der Waals surface area contributed by atoms with Gasteiger partial charge in [-0.25, -0.2) is 4.98 Å². The Labute approximate surface area is 156 Å². The molecule has 0 saturated carbocycles. The molecule has 0 bridgehead atoms. The van der Waals surface area contributed by atoms with Crippen LogP contribution in [-0.4, -0.2) is 23.0 Å². The molecule has 0 saturated heterocycles. The van der Waals surface area contributed by atoms with Crippen LogP contribution in [0.1, 0.15) is 10.4 Å². The Hall–Kier alpha value is -3.73. The number of methoxy groups -OCH3 is 1. The molecule has 1 amide bonds. The molecular weight excluding hydrogens is 338 g/mol. The van der Waals surface area contributed by atoms with Gasteiger partial charge in [-0.3, -0.25) is 9.78 Å². The highest BCUT2D eigenvalue weighted by molar-refractivity contribution is 6.13. The van der Waals surface area contributed by atoms with Crippen molar-refractivity contribution in [3.63, 3.8) is 0 Å². The Morgan fingerprint density at radius 2 is 1.89 bits per heavy atom. The van der Waals surface area contributed by atoms with Crippen LogP contribution in [0.3, 0.4) is 0 Å². The van der Waals surface area contributed by atoms with Gasteiger partial charge < -0.3 is 10.1 Å². The molecule has 27 heavy (non-hydrogen) atoms. The normalized spacial score (nSPS) is 10.6. The van der Waals surface area contributed by atoms with Gasteiger partial charge in [0.15, 0.2) is 0 Å². The summed E-state index contributed by atoms with van der Waals surface area (Å²) >= 11 is 0. The predicted molar refractivity (Wildman–Crippen MR) is 106 cm³/mol. The number of amides is 1. The minimum atomic E-state index is -0.202. The van der Waals surface area contributed by atoms with Crippen LogP contribution >= 0.6 is 0 Å². The van der Waals surface area contributed by atoms with E-state index < -0.39 is 0 Å². The number of hydrogen-bond donors (Lipinski definition) is 1. The van der Waals surface area contributed by atoms with Gasteiger partial charge in [-0.15, -0.1) is 0 Å². The summed E-state index contributed by atoms with van der Waals surface area (Å²) in [6, 6.07) is 20.5. The highest BCUT2D eigenvalue weighted by Crippen LogP contribution is 2.25. The number of rotatable bonds is 4. The van der Waals surface area contributed by atoms with Crippen molar-refractivity contribution in [3.8, 4) is 17.0 Å². The van der Waals surface area contributed by atoms with Crippen molar-refractivity contribution in [1.29, 1.82) is 0 Å². The molecule has 0 aliphatic carbocycles. The number of pyridine rings is 2. The molecule has 2 aromatic heterocycles. The fraction of sp³-hybridized carbons (Fsp3) is 0.0455. The summed E-state index contributed by atoms with van der Waals surface area (Å²) in [5.74, 6) is 0.482. The summed E-state index contributed by atoms with van der Waals surface area (Å²) in [6.07, 6.45) is 3.45. The van der Waals surface area contributed by atoms with Gasteiger partial charge in [0, 0.05) is 35.1 Å². The van der Waals surface area contributed by atoms with Crippen LogP contribution in [0.15, 0.2) is 79.1 Å². The summed E-state index contributed by atoms with van der Waals surface area (Å²) in [4.78, 5) is 21.8. The van der Waals surface area contributed by atoms with Crippen LogP contribution in [0, 0.1) is 0 Å². The fourth-order valence-corrected chi connectivity index (χ4v) is 2.92. The molecule has 2 heterocycles. The minimum absolute atomic E-state index is 0.202. The number of hydrogen-bond acceptors (Lipinski definition) is 4. The number of ether oxygens (including phenoxy) is 1. The number of para-hydroxylation sites is 1. The molecule has 0 aliphatic heterocycles. The first-order chi connectivity index (χ1) is 13.2. The number of carbonyl (C=O) groups excluding carboxylic acids is 1. The summed E-state index contributed by atoms with van der Waals surface area (Å²) in [7, 11) is 1.59.